The van der Waals surface area contributed by atoms with Crippen LogP contribution < -0.4 is 5.32 Å². The summed E-state index contributed by atoms with van der Waals surface area (Å²) in [5.41, 5.74) is 1.11. The van der Waals surface area contributed by atoms with E-state index in [9.17, 15) is 4.79 Å². The van der Waals surface area contributed by atoms with Crippen LogP contribution in [0.1, 0.15) is 18.5 Å². The Kier molecular flexibility index (Phi) is 11.6. The average Bonchev–Trinajstić information content (AvgIpc) is 2.57. The number of carbonyl (C=O) groups excluding carboxylic acids is 1. The molecule has 8 heteroatoms. The van der Waals surface area contributed by atoms with Crippen molar-refractivity contribution in [1.29, 1.82) is 0 Å². The van der Waals surface area contributed by atoms with E-state index in [0.717, 1.165) is 64.3 Å². The summed E-state index contributed by atoms with van der Waals surface area (Å²) in [5, 5.41) is 3.33. The van der Waals surface area contributed by atoms with Gasteiger partial charge < -0.3 is 10.2 Å². The fourth-order valence-electron chi connectivity index (χ4n) is 3.17. The molecule has 138 valence electrons. The highest BCUT2D eigenvalue weighted by molar-refractivity contribution is 5.86. The summed E-state index contributed by atoms with van der Waals surface area (Å²) < 4.78 is 0. The van der Waals surface area contributed by atoms with Gasteiger partial charge in [0.1, 0.15) is 0 Å². The Hall–Kier alpha value is -0.590. The summed E-state index contributed by atoms with van der Waals surface area (Å²) in [5.74, 6) is 0.542. The Bertz CT molecular complexity index is 464. The number of carbonyl (C=O) groups is 1. The van der Waals surface area contributed by atoms with Crippen LogP contribution in [-0.2, 0) is 11.3 Å². The minimum Gasteiger partial charge on any atom is -0.340 e. The van der Waals surface area contributed by atoms with Crippen molar-refractivity contribution >= 4 is 43.1 Å². The lowest BCUT2D eigenvalue weighted by atomic mass is 9.98. The summed E-state index contributed by atoms with van der Waals surface area (Å²) in [6, 6.07) is 6.03. The Balaban J connectivity index is 0.00000176. The summed E-state index contributed by atoms with van der Waals surface area (Å²) >= 11 is 0. The molecule has 1 aromatic rings. The standard InChI is InChI=1S/C16H24N4O.3ClH/c21-16(14-4-3-6-17-12-14)20-10-8-19(9-11-20)13-15-5-1-2-7-18-15;;;/h1-2,5,7,14,17H,3-4,6,8-13H2;3*1H/t14-;;;/m1.../s1. The SMILES string of the molecule is Cl.Cl.Cl.O=C([C@@H]1CCCNC1)N1CCN(Cc2ccccn2)CC1. The minimum atomic E-state index is 0. The fraction of sp³-hybridized carbons (Fsp3) is 0.625. The molecule has 1 amide bonds. The van der Waals surface area contributed by atoms with Crippen LogP contribution in [0.5, 0.6) is 0 Å². The molecular formula is C16H27Cl3N4O. The van der Waals surface area contributed by atoms with E-state index in [1.54, 1.807) is 0 Å². The molecule has 24 heavy (non-hydrogen) atoms. The van der Waals surface area contributed by atoms with Crippen LogP contribution in [-0.4, -0.2) is 60.0 Å². The second-order valence-electron chi connectivity index (χ2n) is 5.97. The van der Waals surface area contributed by atoms with Crippen LogP contribution in [0.2, 0.25) is 0 Å². The largest absolute Gasteiger partial charge is 0.340 e. The first-order valence-electron chi connectivity index (χ1n) is 7.95. The number of piperazine rings is 1. The summed E-state index contributed by atoms with van der Waals surface area (Å²) in [7, 11) is 0. The van der Waals surface area contributed by atoms with Crippen LogP contribution >= 0.6 is 37.2 Å². The van der Waals surface area contributed by atoms with Crippen molar-refractivity contribution in [3.63, 3.8) is 0 Å². The molecule has 3 heterocycles. The molecule has 0 radical (unpaired) electrons. The summed E-state index contributed by atoms with van der Waals surface area (Å²) in [6.07, 6.45) is 4.00. The van der Waals surface area contributed by atoms with Gasteiger partial charge in [0, 0.05) is 45.5 Å². The highest BCUT2D eigenvalue weighted by atomic mass is 35.5. The van der Waals surface area contributed by atoms with Crippen molar-refractivity contribution in [3.8, 4) is 0 Å². The Morgan fingerprint density at radius 2 is 1.92 bits per heavy atom. The van der Waals surface area contributed by atoms with Crippen molar-refractivity contribution in [2.45, 2.75) is 19.4 Å². The highest BCUT2D eigenvalue weighted by Crippen LogP contribution is 2.15. The number of piperidine rings is 1. The van der Waals surface area contributed by atoms with E-state index < -0.39 is 0 Å². The van der Waals surface area contributed by atoms with Gasteiger partial charge >= 0.3 is 0 Å². The van der Waals surface area contributed by atoms with E-state index in [4.69, 9.17) is 0 Å². The van der Waals surface area contributed by atoms with Gasteiger partial charge in [-0.3, -0.25) is 14.7 Å². The van der Waals surface area contributed by atoms with Gasteiger partial charge in [-0.05, 0) is 31.5 Å². The van der Waals surface area contributed by atoms with Crippen molar-refractivity contribution in [2.75, 3.05) is 39.3 Å². The van der Waals surface area contributed by atoms with Gasteiger partial charge in [0.15, 0.2) is 0 Å². The predicted molar refractivity (Wildman–Crippen MR) is 103 cm³/mol. The zero-order valence-corrected chi connectivity index (χ0v) is 16.2. The Labute approximate surface area is 162 Å². The lowest BCUT2D eigenvalue weighted by Crippen LogP contribution is -2.51. The van der Waals surface area contributed by atoms with Gasteiger partial charge in [-0.15, -0.1) is 37.2 Å². The summed E-state index contributed by atoms with van der Waals surface area (Å²) in [6.45, 7) is 6.39. The van der Waals surface area contributed by atoms with E-state index in [-0.39, 0.29) is 43.1 Å². The van der Waals surface area contributed by atoms with Gasteiger partial charge in [0.2, 0.25) is 5.91 Å². The van der Waals surface area contributed by atoms with Gasteiger partial charge in [-0.1, -0.05) is 6.07 Å². The first-order valence-corrected chi connectivity index (χ1v) is 7.95. The molecule has 2 aliphatic heterocycles. The Morgan fingerprint density at radius 1 is 1.17 bits per heavy atom. The number of halogens is 3. The van der Waals surface area contributed by atoms with E-state index in [2.05, 4.69) is 21.3 Å². The number of hydrogen-bond acceptors (Lipinski definition) is 4. The van der Waals surface area contributed by atoms with E-state index in [0.29, 0.717) is 5.91 Å². The lowest BCUT2D eigenvalue weighted by molar-refractivity contribution is -0.137. The van der Waals surface area contributed by atoms with Crippen molar-refractivity contribution in [1.82, 2.24) is 20.1 Å². The highest BCUT2D eigenvalue weighted by Gasteiger charge is 2.28. The van der Waals surface area contributed by atoms with Crippen LogP contribution in [0.25, 0.3) is 0 Å². The maximum absolute atomic E-state index is 12.5. The normalized spacial score (nSPS) is 21.0. The fourth-order valence-corrected chi connectivity index (χ4v) is 3.17. The quantitative estimate of drug-likeness (QED) is 0.847. The van der Waals surface area contributed by atoms with E-state index in [1.165, 1.54) is 0 Å². The molecule has 1 atom stereocenters. The molecule has 1 aromatic heterocycles. The number of pyridine rings is 1. The van der Waals surface area contributed by atoms with Crippen molar-refractivity contribution in [2.24, 2.45) is 5.92 Å². The Morgan fingerprint density at radius 3 is 2.50 bits per heavy atom. The zero-order chi connectivity index (χ0) is 14.5. The number of nitrogens with one attached hydrogen (secondary N) is 1. The van der Waals surface area contributed by atoms with Gasteiger partial charge in [0.25, 0.3) is 0 Å². The van der Waals surface area contributed by atoms with Gasteiger partial charge in [-0.25, -0.2) is 0 Å². The maximum atomic E-state index is 12.5. The van der Waals surface area contributed by atoms with E-state index in [1.807, 2.05) is 23.2 Å². The second-order valence-corrected chi connectivity index (χ2v) is 5.97. The number of nitrogens with zero attached hydrogens (tertiary/aromatic N) is 3. The molecular weight excluding hydrogens is 371 g/mol. The number of rotatable bonds is 3. The lowest BCUT2D eigenvalue weighted by Gasteiger charge is -2.37. The van der Waals surface area contributed by atoms with Crippen LogP contribution in [0.4, 0.5) is 0 Å². The third-order valence-corrected chi connectivity index (χ3v) is 4.44. The zero-order valence-electron chi connectivity index (χ0n) is 13.7. The molecule has 2 aliphatic rings. The molecule has 0 aromatic carbocycles. The predicted octanol–water partition coefficient (Wildman–Crippen LogP) is 1.99. The maximum Gasteiger partial charge on any atom is 0.227 e. The van der Waals surface area contributed by atoms with Crippen LogP contribution in [0.3, 0.4) is 0 Å². The summed E-state index contributed by atoms with van der Waals surface area (Å²) in [4.78, 5) is 21.3. The second kappa shape index (κ2) is 11.9. The van der Waals surface area contributed by atoms with Crippen molar-refractivity contribution in [3.05, 3.63) is 30.1 Å². The minimum absolute atomic E-state index is 0. The number of amides is 1. The molecule has 3 rings (SSSR count). The van der Waals surface area contributed by atoms with Crippen LogP contribution in [0, 0.1) is 5.92 Å². The third kappa shape index (κ3) is 6.37. The number of hydrogen-bond donors (Lipinski definition) is 1. The molecule has 0 aliphatic carbocycles. The first kappa shape index (κ1) is 23.4. The molecule has 2 saturated heterocycles. The molecule has 0 bridgehead atoms. The van der Waals surface area contributed by atoms with Gasteiger partial charge in [-0.2, -0.15) is 0 Å². The van der Waals surface area contributed by atoms with Crippen LogP contribution in [0.15, 0.2) is 24.4 Å². The first-order chi connectivity index (χ1) is 10.3. The molecule has 0 spiro atoms. The van der Waals surface area contributed by atoms with E-state index >= 15 is 0 Å². The average molecular weight is 398 g/mol. The molecule has 0 unspecified atom stereocenters. The molecule has 2 fully saturated rings. The monoisotopic (exact) mass is 396 g/mol. The third-order valence-electron chi connectivity index (χ3n) is 4.44. The molecule has 5 nitrogen and oxygen atoms in total. The van der Waals surface area contributed by atoms with Crippen molar-refractivity contribution < 1.29 is 4.79 Å². The molecule has 0 saturated carbocycles. The topological polar surface area (TPSA) is 48.5 Å². The number of aromatic nitrogens is 1. The van der Waals surface area contributed by atoms with Gasteiger partial charge in [0.05, 0.1) is 11.6 Å². The molecule has 1 N–H and O–H groups in total. The smallest absolute Gasteiger partial charge is 0.227 e.